The first-order valence-electron chi connectivity index (χ1n) is 10.0. The molecule has 172 valence electrons. The molecule has 4 aromatic heterocycles. The second-order valence-electron chi connectivity index (χ2n) is 7.52. The molecule has 0 N–H and O–H groups in total. The van der Waals surface area contributed by atoms with Crippen molar-refractivity contribution in [1.82, 2.24) is 18.9 Å². The fourth-order valence-electron chi connectivity index (χ4n) is 3.68. The zero-order valence-corrected chi connectivity index (χ0v) is 19.6. The molecule has 0 saturated heterocycles. The van der Waals surface area contributed by atoms with Crippen LogP contribution in [0.4, 0.5) is 19.6 Å². The van der Waals surface area contributed by atoms with Crippen LogP contribution >= 0.6 is 11.3 Å². The number of benzene rings is 1. The number of nitrogens with zero attached hydrogens (tertiary/aromatic N) is 5. The van der Waals surface area contributed by atoms with E-state index < -0.39 is 26.6 Å². The number of fused-ring (bicyclic) bond motifs is 1. The van der Waals surface area contributed by atoms with Gasteiger partial charge in [0.05, 0.1) is 28.0 Å². The van der Waals surface area contributed by atoms with Gasteiger partial charge in [0.1, 0.15) is 5.69 Å². The molecule has 4 heterocycles. The Kier molecular flexibility index (Phi) is 5.37. The third kappa shape index (κ3) is 3.62. The molecule has 11 heteroatoms. The van der Waals surface area contributed by atoms with Crippen molar-refractivity contribution in [3.63, 3.8) is 0 Å². The zero-order valence-electron chi connectivity index (χ0n) is 18.0. The molecule has 0 aliphatic heterocycles. The maximum atomic E-state index is 15.0. The standard InChI is InChI=1S/C23H17F2N5O2S2/c1-14-13-33-23(28-14)29(2)22-18(24)9-15(10-19(22)25)34(31,32)30-8-6-16-17(11-26-12-21(16)30)20-5-3-4-7-27-20/h3-13H,1-2H3. The molecule has 0 spiro atoms. The quantitative estimate of drug-likeness (QED) is 0.334. The zero-order chi connectivity index (χ0) is 24.0. The molecular formula is C23H17F2N5O2S2. The number of hydrogen-bond donors (Lipinski definition) is 0. The summed E-state index contributed by atoms with van der Waals surface area (Å²) >= 11 is 1.23. The van der Waals surface area contributed by atoms with E-state index in [-0.39, 0.29) is 11.2 Å². The van der Waals surface area contributed by atoms with E-state index in [0.717, 1.165) is 16.1 Å². The summed E-state index contributed by atoms with van der Waals surface area (Å²) in [6.07, 6.45) is 5.94. The van der Waals surface area contributed by atoms with Crippen molar-refractivity contribution in [2.24, 2.45) is 0 Å². The van der Waals surface area contributed by atoms with Gasteiger partial charge in [-0.15, -0.1) is 11.3 Å². The third-order valence-corrected chi connectivity index (χ3v) is 8.00. The summed E-state index contributed by atoms with van der Waals surface area (Å²) in [6, 6.07) is 8.60. The van der Waals surface area contributed by atoms with E-state index in [1.165, 1.54) is 35.7 Å². The van der Waals surface area contributed by atoms with Crippen molar-refractivity contribution in [3.8, 4) is 11.3 Å². The van der Waals surface area contributed by atoms with Crippen LogP contribution < -0.4 is 4.90 Å². The largest absolute Gasteiger partial charge is 0.316 e. The SMILES string of the molecule is Cc1csc(N(C)c2c(F)cc(S(=O)(=O)n3ccc4c(-c5ccccn5)cncc43)cc2F)n1. The fourth-order valence-corrected chi connectivity index (χ4v) is 5.82. The smallest absolute Gasteiger partial charge is 0.268 e. The van der Waals surface area contributed by atoms with Crippen LogP contribution in [-0.2, 0) is 10.0 Å². The van der Waals surface area contributed by atoms with E-state index in [9.17, 15) is 8.42 Å². The van der Waals surface area contributed by atoms with Gasteiger partial charge in [0.25, 0.3) is 10.0 Å². The van der Waals surface area contributed by atoms with Gasteiger partial charge in [-0.05, 0) is 37.3 Å². The molecule has 0 aliphatic carbocycles. The topological polar surface area (TPSA) is 81.0 Å². The van der Waals surface area contributed by atoms with Crippen molar-refractivity contribution < 1.29 is 17.2 Å². The Labute approximate surface area is 198 Å². The molecule has 0 saturated carbocycles. The number of hydrogen-bond acceptors (Lipinski definition) is 7. The second kappa shape index (κ2) is 8.26. The summed E-state index contributed by atoms with van der Waals surface area (Å²) in [4.78, 5) is 13.4. The molecule has 0 radical (unpaired) electrons. The van der Waals surface area contributed by atoms with Crippen LogP contribution in [-0.4, -0.2) is 34.4 Å². The van der Waals surface area contributed by atoms with Gasteiger partial charge in [0.2, 0.25) is 0 Å². The number of anilines is 2. The van der Waals surface area contributed by atoms with Crippen LogP contribution in [0.5, 0.6) is 0 Å². The normalized spacial score (nSPS) is 11.8. The minimum Gasteiger partial charge on any atom is -0.316 e. The van der Waals surface area contributed by atoms with Crippen molar-refractivity contribution in [3.05, 3.63) is 83.9 Å². The van der Waals surface area contributed by atoms with Crippen molar-refractivity contribution >= 4 is 43.1 Å². The highest BCUT2D eigenvalue weighted by molar-refractivity contribution is 7.90. The number of aromatic nitrogens is 4. The molecule has 0 atom stereocenters. The lowest BCUT2D eigenvalue weighted by atomic mass is 10.1. The van der Waals surface area contributed by atoms with Crippen LogP contribution in [0.15, 0.2) is 71.5 Å². The molecule has 0 aliphatic rings. The van der Waals surface area contributed by atoms with E-state index in [1.54, 1.807) is 42.9 Å². The van der Waals surface area contributed by atoms with Crippen molar-refractivity contribution in [2.45, 2.75) is 11.8 Å². The highest BCUT2D eigenvalue weighted by Crippen LogP contribution is 2.34. The molecule has 0 fully saturated rings. The fraction of sp³-hybridized carbons (Fsp3) is 0.0870. The van der Waals surface area contributed by atoms with E-state index in [0.29, 0.717) is 27.5 Å². The number of rotatable bonds is 5. The Hall–Kier alpha value is -3.70. The van der Waals surface area contributed by atoms with Crippen molar-refractivity contribution in [1.29, 1.82) is 0 Å². The van der Waals surface area contributed by atoms with Gasteiger partial charge < -0.3 is 4.90 Å². The summed E-state index contributed by atoms with van der Waals surface area (Å²) in [5, 5.41) is 2.73. The Morgan fingerprint density at radius 1 is 1.09 bits per heavy atom. The summed E-state index contributed by atoms with van der Waals surface area (Å²) in [7, 11) is -2.85. The monoisotopic (exact) mass is 497 g/mol. The van der Waals surface area contributed by atoms with Crippen LogP contribution in [0.3, 0.4) is 0 Å². The highest BCUT2D eigenvalue weighted by Gasteiger charge is 2.26. The van der Waals surface area contributed by atoms with E-state index in [2.05, 4.69) is 15.0 Å². The summed E-state index contributed by atoms with van der Waals surface area (Å²) < 4.78 is 57.8. The van der Waals surface area contributed by atoms with E-state index in [4.69, 9.17) is 0 Å². The maximum absolute atomic E-state index is 15.0. The molecule has 7 nitrogen and oxygen atoms in total. The first kappa shape index (κ1) is 22.1. The average molecular weight is 498 g/mol. The maximum Gasteiger partial charge on any atom is 0.268 e. The Bertz CT molecular complexity index is 1610. The van der Waals surface area contributed by atoms with E-state index >= 15 is 8.78 Å². The Morgan fingerprint density at radius 3 is 2.50 bits per heavy atom. The van der Waals surface area contributed by atoms with Gasteiger partial charge >= 0.3 is 0 Å². The minimum atomic E-state index is -4.32. The number of halogens is 2. The van der Waals surface area contributed by atoms with E-state index in [1.807, 2.05) is 6.07 Å². The van der Waals surface area contributed by atoms with Crippen molar-refractivity contribution in [2.75, 3.05) is 11.9 Å². The average Bonchev–Trinajstić information content (AvgIpc) is 3.45. The molecule has 1 aromatic carbocycles. The lowest BCUT2D eigenvalue weighted by molar-refractivity contribution is 0.565. The van der Waals surface area contributed by atoms with Crippen LogP contribution in [0.25, 0.3) is 22.2 Å². The number of pyridine rings is 2. The van der Waals surface area contributed by atoms with Gasteiger partial charge in [-0.1, -0.05) is 6.07 Å². The second-order valence-corrected chi connectivity index (χ2v) is 10.2. The first-order chi connectivity index (χ1) is 16.3. The number of aryl methyl sites for hydroxylation is 1. The lowest BCUT2D eigenvalue weighted by Gasteiger charge is -2.18. The lowest BCUT2D eigenvalue weighted by Crippen LogP contribution is -2.16. The molecule has 5 rings (SSSR count). The van der Waals surface area contributed by atoms with Gasteiger partial charge in [-0.2, -0.15) is 0 Å². The van der Waals surface area contributed by atoms with Crippen LogP contribution in [0.2, 0.25) is 0 Å². The predicted octanol–water partition coefficient (Wildman–Crippen LogP) is 5.15. The number of thiazole rings is 1. The van der Waals surface area contributed by atoms with Crippen LogP contribution in [0.1, 0.15) is 5.69 Å². The Morgan fingerprint density at radius 2 is 1.85 bits per heavy atom. The third-order valence-electron chi connectivity index (χ3n) is 5.30. The molecule has 0 unspecified atom stereocenters. The first-order valence-corrected chi connectivity index (χ1v) is 12.4. The highest BCUT2D eigenvalue weighted by atomic mass is 32.2. The molecule has 0 amide bonds. The Balaban J connectivity index is 1.60. The molecular weight excluding hydrogens is 480 g/mol. The van der Waals surface area contributed by atoms with Gasteiger partial charge in [0, 0.05) is 42.0 Å². The minimum absolute atomic E-state index is 0.267. The molecule has 5 aromatic rings. The summed E-state index contributed by atoms with van der Waals surface area (Å²) in [5.41, 5.74) is 1.86. The van der Waals surface area contributed by atoms with Gasteiger partial charge in [-0.3, -0.25) is 9.97 Å². The summed E-state index contributed by atoms with van der Waals surface area (Å²) in [6.45, 7) is 1.77. The van der Waals surface area contributed by atoms with Gasteiger partial charge in [0.15, 0.2) is 16.8 Å². The van der Waals surface area contributed by atoms with Crippen LogP contribution in [0, 0.1) is 18.6 Å². The molecule has 0 bridgehead atoms. The summed E-state index contributed by atoms with van der Waals surface area (Å²) in [5.74, 6) is -2.03. The molecule has 34 heavy (non-hydrogen) atoms. The predicted molar refractivity (Wildman–Crippen MR) is 127 cm³/mol. The van der Waals surface area contributed by atoms with Gasteiger partial charge in [-0.25, -0.2) is 26.2 Å².